The Balaban J connectivity index is 1.87. The SMILES string of the molecule is O=C(Nc1ccc(Cl)c2ncccc12)N1CCCCC1. The molecule has 1 fully saturated rings. The van der Waals surface area contributed by atoms with Gasteiger partial charge in [0.05, 0.1) is 16.2 Å². The molecule has 3 rings (SSSR count). The van der Waals surface area contributed by atoms with E-state index >= 15 is 0 Å². The molecular formula is C15H16ClN3O. The van der Waals surface area contributed by atoms with Gasteiger partial charge in [-0.25, -0.2) is 4.79 Å². The zero-order valence-corrected chi connectivity index (χ0v) is 11.9. The average molecular weight is 290 g/mol. The summed E-state index contributed by atoms with van der Waals surface area (Å²) in [5.74, 6) is 0. The normalized spacial score (nSPS) is 15.3. The molecule has 0 saturated carbocycles. The summed E-state index contributed by atoms with van der Waals surface area (Å²) < 4.78 is 0. The Labute approximate surface area is 122 Å². The first-order chi connectivity index (χ1) is 9.75. The lowest BCUT2D eigenvalue weighted by molar-refractivity contribution is 0.200. The van der Waals surface area contributed by atoms with Gasteiger partial charge >= 0.3 is 6.03 Å². The van der Waals surface area contributed by atoms with E-state index in [0.29, 0.717) is 10.5 Å². The maximum atomic E-state index is 12.3. The lowest BCUT2D eigenvalue weighted by Gasteiger charge is -2.27. The van der Waals surface area contributed by atoms with Crippen molar-refractivity contribution < 1.29 is 4.79 Å². The Morgan fingerprint density at radius 3 is 2.80 bits per heavy atom. The molecule has 1 aromatic heterocycles. The standard InChI is InChI=1S/C15H16ClN3O/c16-12-6-7-13(11-5-4-8-17-14(11)12)18-15(20)19-9-2-1-3-10-19/h4-8H,1-3,9-10H2,(H,18,20). The second-order valence-electron chi connectivity index (χ2n) is 4.97. The van der Waals surface area contributed by atoms with Gasteiger partial charge in [0, 0.05) is 24.7 Å². The number of hydrogen-bond acceptors (Lipinski definition) is 2. The van der Waals surface area contributed by atoms with Crippen molar-refractivity contribution in [3.05, 3.63) is 35.5 Å². The Bertz CT molecular complexity index is 638. The number of hydrogen-bond donors (Lipinski definition) is 1. The number of anilines is 1. The van der Waals surface area contributed by atoms with Gasteiger partial charge in [0.1, 0.15) is 0 Å². The van der Waals surface area contributed by atoms with Crippen LogP contribution in [0.1, 0.15) is 19.3 Å². The van der Waals surface area contributed by atoms with Crippen LogP contribution in [0.3, 0.4) is 0 Å². The van der Waals surface area contributed by atoms with Crippen molar-refractivity contribution in [1.82, 2.24) is 9.88 Å². The first-order valence-electron chi connectivity index (χ1n) is 6.85. The summed E-state index contributed by atoms with van der Waals surface area (Å²) in [4.78, 5) is 18.4. The summed E-state index contributed by atoms with van der Waals surface area (Å²) in [5, 5.41) is 4.43. The summed E-state index contributed by atoms with van der Waals surface area (Å²) in [7, 11) is 0. The zero-order valence-electron chi connectivity index (χ0n) is 11.1. The fraction of sp³-hybridized carbons (Fsp3) is 0.333. The molecule has 0 aliphatic carbocycles. The van der Waals surface area contributed by atoms with Crippen molar-refractivity contribution in [1.29, 1.82) is 0 Å². The molecule has 2 heterocycles. The summed E-state index contributed by atoms with van der Waals surface area (Å²) >= 11 is 6.13. The summed E-state index contributed by atoms with van der Waals surface area (Å²) in [5.41, 5.74) is 1.47. The summed E-state index contributed by atoms with van der Waals surface area (Å²) in [6.07, 6.45) is 5.06. The molecule has 2 aromatic rings. The van der Waals surface area contributed by atoms with Crippen molar-refractivity contribution in [2.24, 2.45) is 0 Å². The van der Waals surface area contributed by atoms with E-state index in [9.17, 15) is 4.79 Å². The first kappa shape index (κ1) is 13.2. The molecular weight excluding hydrogens is 274 g/mol. The van der Waals surface area contributed by atoms with Crippen molar-refractivity contribution in [3.8, 4) is 0 Å². The third-order valence-electron chi connectivity index (χ3n) is 3.61. The number of nitrogens with zero attached hydrogens (tertiary/aromatic N) is 2. The van der Waals surface area contributed by atoms with Gasteiger partial charge in [0.25, 0.3) is 0 Å². The topological polar surface area (TPSA) is 45.2 Å². The summed E-state index contributed by atoms with van der Waals surface area (Å²) in [6, 6.07) is 7.31. The number of carbonyl (C=O) groups is 1. The molecule has 1 aromatic carbocycles. The van der Waals surface area contributed by atoms with Crippen LogP contribution >= 0.6 is 11.6 Å². The minimum Gasteiger partial charge on any atom is -0.325 e. The predicted molar refractivity (Wildman–Crippen MR) is 81.2 cm³/mol. The smallest absolute Gasteiger partial charge is 0.321 e. The highest BCUT2D eigenvalue weighted by Gasteiger charge is 2.17. The Morgan fingerprint density at radius 1 is 1.20 bits per heavy atom. The minimum absolute atomic E-state index is 0.0443. The lowest BCUT2D eigenvalue weighted by Crippen LogP contribution is -2.38. The van der Waals surface area contributed by atoms with Crippen LogP contribution in [0.25, 0.3) is 10.9 Å². The molecule has 2 amide bonds. The van der Waals surface area contributed by atoms with Gasteiger partial charge in [-0.3, -0.25) is 4.98 Å². The van der Waals surface area contributed by atoms with Crippen LogP contribution in [0.5, 0.6) is 0 Å². The van der Waals surface area contributed by atoms with Gasteiger partial charge in [-0.1, -0.05) is 11.6 Å². The van der Waals surface area contributed by atoms with Gasteiger partial charge in [0.15, 0.2) is 0 Å². The average Bonchev–Trinajstić information content (AvgIpc) is 2.51. The molecule has 0 atom stereocenters. The largest absolute Gasteiger partial charge is 0.325 e. The Hall–Kier alpha value is -1.81. The molecule has 1 aliphatic heterocycles. The predicted octanol–water partition coefficient (Wildman–Crippen LogP) is 3.91. The highest BCUT2D eigenvalue weighted by Crippen LogP contribution is 2.28. The molecule has 104 valence electrons. The van der Waals surface area contributed by atoms with Crippen molar-refractivity contribution >= 4 is 34.2 Å². The molecule has 1 N–H and O–H groups in total. The number of likely N-dealkylation sites (tertiary alicyclic amines) is 1. The number of amides is 2. The number of piperidine rings is 1. The molecule has 5 heteroatoms. The number of urea groups is 1. The minimum atomic E-state index is -0.0443. The highest BCUT2D eigenvalue weighted by molar-refractivity contribution is 6.35. The zero-order chi connectivity index (χ0) is 13.9. The van der Waals surface area contributed by atoms with Crippen LogP contribution in [0.4, 0.5) is 10.5 Å². The molecule has 1 aliphatic rings. The number of fused-ring (bicyclic) bond motifs is 1. The second-order valence-corrected chi connectivity index (χ2v) is 5.38. The number of halogens is 1. The lowest BCUT2D eigenvalue weighted by atomic mass is 10.1. The number of pyridine rings is 1. The molecule has 0 spiro atoms. The van der Waals surface area contributed by atoms with E-state index in [2.05, 4.69) is 10.3 Å². The fourth-order valence-electron chi connectivity index (χ4n) is 2.54. The van der Waals surface area contributed by atoms with E-state index in [4.69, 9.17) is 11.6 Å². The fourth-order valence-corrected chi connectivity index (χ4v) is 2.75. The van der Waals surface area contributed by atoms with Crippen LogP contribution < -0.4 is 5.32 Å². The first-order valence-corrected chi connectivity index (χ1v) is 7.22. The number of nitrogens with one attached hydrogen (secondary N) is 1. The van der Waals surface area contributed by atoms with Gasteiger partial charge in [0.2, 0.25) is 0 Å². The molecule has 0 bridgehead atoms. The van der Waals surface area contributed by atoms with Crippen LogP contribution in [0.15, 0.2) is 30.5 Å². The van der Waals surface area contributed by atoms with Gasteiger partial charge in [-0.2, -0.15) is 0 Å². The van der Waals surface area contributed by atoms with E-state index in [1.807, 2.05) is 23.1 Å². The van der Waals surface area contributed by atoms with E-state index in [1.165, 1.54) is 6.42 Å². The quantitative estimate of drug-likeness (QED) is 0.865. The van der Waals surface area contributed by atoms with Crippen molar-refractivity contribution in [3.63, 3.8) is 0 Å². The number of benzene rings is 1. The molecule has 0 radical (unpaired) electrons. The Kier molecular flexibility index (Phi) is 3.74. The third kappa shape index (κ3) is 2.56. The Morgan fingerprint density at radius 2 is 2.00 bits per heavy atom. The summed E-state index contributed by atoms with van der Waals surface area (Å²) in [6.45, 7) is 1.66. The molecule has 1 saturated heterocycles. The van der Waals surface area contributed by atoms with Gasteiger partial charge in [-0.05, 0) is 43.5 Å². The van der Waals surface area contributed by atoms with Crippen LogP contribution in [0, 0.1) is 0 Å². The third-order valence-corrected chi connectivity index (χ3v) is 3.91. The highest BCUT2D eigenvalue weighted by atomic mass is 35.5. The van der Waals surface area contributed by atoms with E-state index in [0.717, 1.165) is 37.0 Å². The monoisotopic (exact) mass is 289 g/mol. The molecule has 4 nitrogen and oxygen atoms in total. The molecule has 0 unspecified atom stereocenters. The number of rotatable bonds is 1. The van der Waals surface area contributed by atoms with Crippen molar-refractivity contribution in [2.75, 3.05) is 18.4 Å². The van der Waals surface area contributed by atoms with Crippen LogP contribution in [-0.4, -0.2) is 29.0 Å². The van der Waals surface area contributed by atoms with E-state index in [-0.39, 0.29) is 6.03 Å². The van der Waals surface area contributed by atoms with Gasteiger partial charge in [-0.15, -0.1) is 0 Å². The van der Waals surface area contributed by atoms with Gasteiger partial charge < -0.3 is 10.2 Å². The second kappa shape index (κ2) is 5.67. The van der Waals surface area contributed by atoms with Crippen molar-refractivity contribution in [2.45, 2.75) is 19.3 Å². The van der Waals surface area contributed by atoms with Crippen LogP contribution in [0.2, 0.25) is 5.02 Å². The van der Waals surface area contributed by atoms with E-state index < -0.39 is 0 Å². The number of aromatic nitrogens is 1. The van der Waals surface area contributed by atoms with E-state index in [1.54, 1.807) is 12.3 Å². The van der Waals surface area contributed by atoms with Crippen LogP contribution in [-0.2, 0) is 0 Å². The maximum absolute atomic E-state index is 12.3. The number of carbonyl (C=O) groups excluding carboxylic acids is 1. The maximum Gasteiger partial charge on any atom is 0.321 e. The molecule has 20 heavy (non-hydrogen) atoms.